The van der Waals surface area contributed by atoms with Gasteiger partial charge in [-0.15, -0.1) is 0 Å². The number of nitrogens with two attached hydrogens (primary N) is 1. The number of aryl methyl sites for hydroxylation is 1. The van der Waals surface area contributed by atoms with Gasteiger partial charge in [-0.1, -0.05) is 55.8 Å². The second-order valence-corrected chi connectivity index (χ2v) is 9.03. The van der Waals surface area contributed by atoms with E-state index in [4.69, 9.17) is 10.6 Å². The maximum atomic E-state index is 13.4. The molecule has 1 aliphatic rings. The number of carbonyl (C=O) groups excluding carboxylic acids is 2. The molecule has 0 aromatic heterocycles. The van der Waals surface area contributed by atoms with Crippen LogP contribution in [0.15, 0.2) is 48.5 Å². The summed E-state index contributed by atoms with van der Waals surface area (Å²) in [6.07, 6.45) is 4.34. The maximum Gasteiger partial charge on any atom is 0.255 e. The van der Waals surface area contributed by atoms with E-state index in [0.29, 0.717) is 30.8 Å². The van der Waals surface area contributed by atoms with Crippen molar-refractivity contribution in [2.24, 2.45) is 5.84 Å². The Balaban J connectivity index is 1.77. The molecule has 1 aliphatic heterocycles. The number of thiol groups is 1. The van der Waals surface area contributed by atoms with Gasteiger partial charge in [0.05, 0.1) is 5.56 Å². The van der Waals surface area contributed by atoms with Crippen molar-refractivity contribution < 1.29 is 14.3 Å². The Labute approximate surface area is 207 Å². The minimum Gasteiger partial charge on any atom is -0.473 e. The largest absolute Gasteiger partial charge is 0.473 e. The lowest BCUT2D eigenvalue weighted by molar-refractivity contribution is -0.122. The van der Waals surface area contributed by atoms with Crippen molar-refractivity contribution in [2.75, 3.05) is 18.8 Å². The van der Waals surface area contributed by atoms with Crippen LogP contribution in [0.3, 0.4) is 0 Å². The Morgan fingerprint density at radius 3 is 2.71 bits per heavy atom. The fourth-order valence-electron chi connectivity index (χ4n) is 4.01. The first-order chi connectivity index (χ1) is 16.5. The first kappa shape index (κ1) is 26.1. The number of nitrogens with zero attached hydrogens (tertiary/aromatic N) is 1. The molecule has 0 radical (unpaired) electrons. The molecule has 34 heavy (non-hydrogen) atoms. The predicted molar refractivity (Wildman–Crippen MR) is 138 cm³/mol. The van der Waals surface area contributed by atoms with E-state index in [0.717, 1.165) is 49.0 Å². The van der Waals surface area contributed by atoms with Crippen LogP contribution in [0.25, 0.3) is 0 Å². The molecule has 0 unspecified atom stereocenters. The van der Waals surface area contributed by atoms with Gasteiger partial charge < -0.3 is 15.4 Å². The second-order valence-electron chi connectivity index (χ2n) is 8.58. The number of nitrogens with one attached hydrogen (secondary N) is 2. The van der Waals surface area contributed by atoms with E-state index in [9.17, 15) is 9.59 Å². The van der Waals surface area contributed by atoms with Gasteiger partial charge in [-0.05, 0) is 42.2 Å². The van der Waals surface area contributed by atoms with Crippen molar-refractivity contribution in [3.8, 4) is 5.75 Å². The Morgan fingerprint density at radius 2 is 1.97 bits per heavy atom. The highest BCUT2D eigenvalue weighted by Gasteiger charge is 2.29. The van der Waals surface area contributed by atoms with E-state index in [1.54, 1.807) is 11.1 Å². The van der Waals surface area contributed by atoms with Crippen molar-refractivity contribution in [1.29, 1.82) is 0 Å². The summed E-state index contributed by atoms with van der Waals surface area (Å²) in [4.78, 5) is 26.3. The van der Waals surface area contributed by atoms with Crippen molar-refractivity contribution in [2.45, 2.75) is 57.7 Å². The Kier molecular flexibility index (Phi) is 10.2. The van der Waals surface area contributed by atoms with Gasteiger partial charge in [0.15, 0.2) is 6.23 Å². The third-order valence-corrected chi connectivity index (χ3v) is 6.25. The third-order valence-electron chi connectivity index (χ3n) is 5.93. The summed E-state index contributed by atoms with van der Waals surface area (Å²) in [7, 11) is 0. The lowest BCUT2D eigenvalue weighted by Gasteiger charge is -2.33. The molecule has 2 aromatic rings. The normalized spacial score (nSPS) is 15.8. The van der Waals surface area contributed by atoms with Gasteiger partial charge in [0.1, 0.15) is 11.8 Å². The summed E-state index contributed by atoms with van der Waals surface area (Å²) in [5.41, 5.74) is 2.37. The number of benzene rings is 2. The Morgan fingerprint density at radius 1 is 1.18 bits per heavy atom. The molecule has 184 valence electrons. The summed E-state index contributed by atoms with van der Waals surface area (Å²) in [6.45, 7) is 3.32. The van der Waals surface area contributed by atoms with Crippen LogP contribution in [0.4, 0.5) is 0 Å². The van der Waals surface area contributed by atoms with Crippen LogP contribution in [-0.4, -0.2) is 47.9 Å². The highest BCUT2D eigenvalue weighted by atomic mass is 32.1. The van der Waals surface area contributed by atoms with Crippen molar-refractivity contribution in [1.82, 2.24) is 15.6 Å². The van der Waals surface area contributed by atoms with Crippen LogP contribution < -0.4 is 21.2 Å². The van der Waals surface area contributed by atoms with E-state index in [1.807, 2.05) is 42.5 Å². The number of rotatable bonds is 12. The molecule has 0 aliphatic carbocycles. The number of amides is 2. The summed E-state index contributed by atoms with van der Waals surface area (Å²) < 4.78 is 6.20. The first-order valence-corrected chi connectivity index (χ1v) is 12.7. The monoisotopic (exact) mass is 484 g/mol. The number of hydrogen-bond donors (Lipinski definition) is 4. The highest BCUT2D eigenvalue weighted by molar-refractivity contribution is 7.80. The lowest BCUT2D eigenvalue weighted by Crippen LogP contribution is -2.49. The first-order valence-electron chi connectivity index (χ1n) is 12.1. The van der Waals surface area contributed by atoms with Crippen molar-refractivity contribution >= 4 is 24.4 Å². The smallest absolute Gasteiger partial charge is 0.255 e. The number of fused-ring (bicyclic) bond motifs is 1. The number of carbonyl (C=O) groups is 2. The van der Waals surface area contributed by atoms with E-state index in [2.05, 4.69) is 30.2 Å². The van der Waals surface area contributed by atoms with Gasteiger partial charge in [0.2, 0.25) is 5.91 Å². The van der Waals surface area contributed by atoms with E-state index >= 15 is 0 Å². The summed E-state index contributed by atoms with van der Waals surface area (Å²) >= 11 is 4.25. The van der Waals surface area contributed by atoms with Crippen LogP contribution in [0.5, 0.6) is 5.75 Å². The lowest BCUT2D eigenvalue weighted by atomic mass is 9.99. The molecule has 0 fully saturated rings. The molecule has 0 saturated carbocycles. The quantitative estimate of drug-likeness (QED) is 0.161. The molecule has 1 heterocycles. The third kappa shape index (κ3) is 7.22. The Hall–Kier alpha value is -2.55. The van der Waals surface area contributed by atoms with Gasteiger partial charge in [-0.25, -0.2) is 5.01 Å². The highest BCUT2D eigenvalue weighted by Crippen LogP contribution is 2.32. The summed E-state index contributed by atoms with van der Waals surface area (Å²) in [6, 6.07) is 14.6. The molecular weight excluding hydrogens is 448 g/mol. The number of para-hydroxylation sites is 1. The van der Waals surface area contributed by atoms with Gasteiger partial charge in [0.25, 0.3) is 5.91 Å². The molecule has 0 bridgehead atoms. The molecule has 2 amide bonds. The SMILES string of the molecule is CCCCNC(=O)[C@H](Cc1ccccc1)NC(=O)c1cccc2c1O[C@@H](N(N)CCCS)CC2. The Bertz CT molecular complexity index is 941. The van der Waals surface area contributed by atoms with Crippen LogP contribution in [0.2, 0.25) is 0 Å². The fraction of sp³-hybridized carbons (Fsp3) is 0.462. The fourth-order valence-corrected chi connectivity index (χ4v) is 4.15. The zero-order chi connectivity index (χ0) is 24.3. The number of hydrazine groups is 1. The van der Waals surface area contributed by atoms with Gasteiger partial charge in [-0.3, -0.25) is 15.4 Å². The number of hydrogen-bond acceptors (Lipinski definition) is 6. The molecule has 4 N–H and O–H groups in total. The molecular formula is C26H36N4O3S. The summed E-state index contributed by atoms with van der Waals surface area (Å²) in [5.74, 6) is 6.97. The van der Waals surface area contributed by atoms with Crippen LogP contribution in [0, 0.1) is 0 Å². The molecule has 2 atom stereocenters. The topological polar surface area (TPSA) is 96.7 Å². The minimum atomic E-state index is -0.691. The van der Waals surface area contributed by atoms with Gasteiger partial charge in [-0.2, -0.15) is 12.6 Å². The minimum absolute atomic E-state index is 0.186. The van der Waals surface area contributed by atoms with Gasteiger partial charge >= 0.3 is 0 Å². The molecule has 2 aromatic carbocycles. The van der Waals surface area contributed by atoms with Crippen LogP contribution in [-0.2, 0) is 17.6 Å². The molecule has 8 heteroatoms. The zero-order valence-corrected chi connectivity index (χ0v) is 20.7. The van der Waals surface area contributed by atoms with Crippen molar-refractivity contribution in [3.05, 3.63) is 65.2 Å². The van der Waals surface area contributed by atoms with E-state index in [-0.39, 0.29) is 18.0 Å². The molecule has 0 spiro atoms. The number of ether oxygens (including phenoxy) is 1. The average Bonchev–Trinajstić information content (AvgIpc) is 2.86. The standard InChI is InChI=1S/C26H36N4O3S/c1-2-3-15-28-26(32)22(18-19-9-5-4-6-10-19)29-25(31)21-12-7-11-20-13-14-23(33-24(20)21)30(27)16-8-17-34/h4-7,9-12,22-23,34H,2-3,8,13-18,27H2,1H3,(H,28,32)(H,29,31)/t22-,23+/m0/s1. The number of unbranched alkanes of at least 4 members (excludes halogenated alkanes) is 1. The maximum absolute atomic E-state index is 13.4. The average molecular weight is 485 g/mol. The van der Waals surface area contributed by atoms with E-state index in [1.165, 1.54) is 0 Å². The van der Waals surface area contributed by atoms with Crippen LogP contribution in [0.1, 0.15) is 54.1 Å². The predicted octanol–water partition coefficient (Wildman–Crippen LogP) is 3.09. The molecule has 7 nitrogen and oxygen atoms in total. The zero-order valence-electron chi connectivity index (χ0n) is 19.8. The molecule has 0 saturated heterocycles. The molecule has 3 rings (SSSR count). The van der Waals surface area contributed by atoms with E-state index < -0.39 is 6.04 Å². The van der Waals surface area contributed by atoms with Crippen molar-refractivity contribution in [3.63, 3.8) is 0 Å². The second kappa shape index (κ2) is 13.4. The van der Waals surface area contributed by atoms with Gasteiger partial charge in [0, 0.05) is 25.9 Å². The summed E-state index contributed by atoms with van der Waals surface area (Å²) in [5, 5.41) is 7.58. The van der Waals surface area contributed by atoms with Crippen LogP contribution >= 0.6 is 12.6 Å².